The van der Waals surface area contributed by atoms with Crippen LogP contribution in [0.15, 0.2) is 18.2 Å². The van der Waals surface area contributed by atoms with E-state index in [4.69, 9.17) is 4.74 Å². The van der Waals surface area contributed by atoms with Gasteiger partial charge in [-0.3, -0.25) is 0 Å². The zero-order valence-electron chi connectivity index (χ0n) is 13.2. The first-order valence-corrected chi connectivity index (χ1v) is 7.34. The lowest BCUT2D eigenvalue weighted by molar-refractivity contribution is 0.301. The fraction of sp³-hybridized carbons (Fsp3) is 0.647. The molecule has 0 aliphatic rings. The molecule has 1 N–H and O–H groups in total. The second kappa shape index (κ2) is 7.54. The van der Waals surface area contributed by atoms with E-state index >= 15 is 0 Å². The number of benzene rings is 1. The molecule has 0 amide bonds. The third-order valence-electron chi connectivity index (χ3n) is 3.29. The zero-order chi connectivity index (χ0) is 14.3. The molecule has 2 heteroatoms. The number of hydrogen-bond donors (Lipinski definition) is 1. The Hall–Kier alpha value is -1.02. The van der Waals surface area contributed by atoms with Crippen molar-refractivity contribution in [1.82, 2.24) is 5.32 Å². The van der Waals surface area contributed by atoms with Crippen LogP contribution in [0.2, 0.25) is 0 Å². The Bertz CT molecular complexity index is 379. The van der Waals surface area contributed by atoms with Crippen molar-refractivity contribution in [2.75, 3.05) is 13.2 Å². The van der Waals surface area contributed by atoms with Gasteiger partial charge in [0.2, 0.25) is 0 Å². The van der Waals surface area contributed by atoms with Crippen molar-refractivity contribution < 1.29 is 4.74 Å². The van der Waals surface area contributed by atoms with E-state index in [0.29, 0.717) is 0 Å². The lowest BCUT2D eigenvalue weighted by Crippen LogP contribution is -2.36. The van der Waals surface area contributed by atoms with E-state index in [1.54, 1.807) is 0 Å². The SMILES string of the molecule is Cc1cccc(OCCCCCNC(C)(C)C)c1C. The van der Waals surface area contributed by atoms with Gasteiger partial charge in [-0.2, -0.15) is 0 Å². The molecule has 0 aliphatic carbocycles. The highest BCUT2D eigenvalue weighted by atomic mass is 16.5. The maximum absolute atomic E-state index is 5.84. The molecule has 0 saturated carbocycles. The Morgan fingerprint density at radius 2 is 1.79 bits per heavy atom. The molecule has 0 aromatic heterocycles. The first kappa shape index (κ1) is 16.0. The van der Waals surface area contributed by atoms with Gasteiger partial charge in [0.25, 0.3) is 0 Å². The molecule has 0 radical (unpaired) electrons. The molecule has 2 nitrogen and oxygen atoms in total. The van der Waals surface area contributed by atoms with Gasteiger partial charge in [0.15, 0.2) is 0 Å². The topological polar surface area (TPSA) is 21.3 Å². The average Bonchev–Trinajstić information content (AvgIpc) is 2.31. The second-order valence-corrected chi connectivity index (χ2v) is 6.28. The molecule has 1 aromatic rings. The maximum atomic E-state index is 5.84. The van der Waals surface area contributed by atoms with Crippen molar-refractivity contribution in [3.63, 3.8) is 0 Å². The molecule has 1 rings (SSSR count). The predicted octanol–water partition coefficient (Wildman–Crippen LogP) is 4.24. The smallest absolute Gasteiger partial charge is 0.122 e. The molecular formula is C17H29NO. The Labute approximate surface area is 118 Å². The van der Waals surface area contributed by atoms with Gasteiger partial charge in [0, 0.05) is 5.54 Å². The molecule has 0 fully saturated rings. The van der Waals surface area contributed by atoms with Crippen LogP contribution < -0.4 is 10.1 Å². The molecule has 108 valence electrons. The van der Waals surface area contributed by atoms with Crippen molar-refractivity contribution in [1.29, 1.82) is 0 Å². The van der Waals surface area contributed by atoms with E-state index < -0.39 is 0 Å². The molecule has 0 heterocycles. The number of ether oxygens (including phenoxy) is 1. The van der Waals surface area contributed by atoms with Crippen LogP contribution in [0.3, 0.4) is 0 Å². The fourth-order valence-electron chi connectivity index (χ4n) is 1.93. The third-order valence-corrected chi connectivity index (χ3v) is 3.29. The van der Waals surface area contributed by atoms with Gasteiger partial charge in [-0.05, 0) is 77.6 Å². The first-order valence-electron chi connectivity index (χ1n) is 7.34. The summed E-state index contributed by atoms with van der Waals surface area (Å²) in [5.41, 5.74) is 2.79. The number of unbranched alkanes of at least 4 members (excludes halogenated alkanes) is 2. The van der Waals surface area contributed by atoms with Gasteiger partial charge in [0.1, 0.15) is 5.75 Å². The summed E-state index contributed by atoms with van der Waals surface area (Å²) in [7, 11) is 0. The Morgan fingerprint density at radius 3 is 2.47 bits per heavy atom. The molecule has 1 aromatic carbocycles. The third kappa shape index (κ3) is 6.63. The van der Waals surface area contributed by atoms with Crippen LogP contribution in [0, 0.1) is 13.8 Å². The van der Waals surface area contributed by atoms with Gasteiger partial charge >= 0.3 is 0 Å². The van der Waals surface area contributed by atoms with Crippen LogP contribution in [0.25, 0.3) is 0 Å². The van der Waals surface area contributed by atoms with E-state index in [1.165, 1.54) is 24.0 Å². The maximum Gasteiger partial charge on any atom is 0.122 e. The van der Waals surface area contributed by atoms with Crippen LogP contribution in [-0.4, -0.2) is 18.7 Å². The van der Waals surface area contributed by atoms with Gasteiger partial charge in [-0.15, -0.1) is 0 Å². The summed E-state index contributed by atoms with van der Waals surface area (Å²) in [5, 5.41) is 3.51. The summed E-state index contributed by atoms with van der Waals surface area (Å²) in [6.45, 7) is 12.8. The molecule has 0 bridgehead atoms. The van der Waals surface area contributed by atoms with Crippen molar-refractivity contribution in [3.05, 3.63) is 29.3 Å². The van der Waals surface area contributed by atoms with Gasteiger partial charge in [0.05, 0.1) is 6.61 Å². The van der Waals surface area contributed by atoms with Gasteiger partial charge < -0.3 is 10.1 Å². The van der Waals surface area contributed by atoms with Crippen LogP contribution in [0.5, 0.6) is 5.75 Å². The molecular weight excluding hydrogens is 234 g/mol. The molecule has 19 heavy (non-hydrogen) atoms. The molecule has 0 saturated heterocycles. The van der Waals surface area contributed by atoms with Crippen molar-refractivity contribution in [2.24, 2.45) is 0 Å². The van der Waals surface area contributed by atoms with Crippen LogP contribution in [0.1, 0.15) is 51.2 Å². The minimum Gasteiger partial charge on any atom is -0.493 e. The average molecular weight is 263 g/mol. The Kier molecular flexibility index (Phi) is 6.36. The van der Waals surface area contributed by atoms with E-state index in [1.807, 2.05) is 0 Å². The minimum atomic E-state index is 0.231. The summed E-state index contributed by atoms with van der Waals surface area (Å²) in [6, 6.07) is 6.24. The number of aryl methyl sites for hydroxylation is 1. The summed E-state index contributed by atoms with van der Waals surface area (Å²) in [4.78, 5) is 0. The molecule has 0 spiro atoms. The van der Waals surface area contributed by atoms with E-state index in [-0.39, 0.29) is 5.54 Å². The number of nitrogens with one attached hydrogen (secondary N) is 1. The van der Waals surface area contributed by atoms with Crippen LogP contribution in [-0.2, 0) is 0 Å². The summed E-state index contributed by atoms with van der Waals surface area (Å²) >= 11 is 0. The van der Waals surface area contributed by atoms with E-state index in [0.717, 1.165) is 25.3 Å². The highest BCUT2D eigenvalue weighted by Gasteiger charge is 2.07. The van der Waals surface area contributed by atoms with E-state index in [9.17, 15) is 0 Å². The Balaban J connectivity index is 2.13. The number of rotatable bonds is 7. The van der Waals surface area contributed by atoms with Crippen LogP contribution in [0.4, 0.5) is 0 Å². The van der Waals surface area contributed by atoms with E-state index in [2.05, 4.69) is 58.1 Å². The highest BCUT2D eigenvalue weighted by molar-refractivity contribution is 5.38. The molecule has 0 atom stereocenters. The highest BCUT2D eigenvalue weighted by Crippen LogP contribution is 2.20. The summed E-state index contributed by atoms with van der Waals surface area (Å²) in [5.74, 6) is 1.04. The fourth-order valence-corrected chi connectivity index (χ4v) is 1.93. The standard InChI is InChI=1S/C17H29NO/c1-14-10-9-11-16(15(14)2)19-13-8-6-7-12-18-17(3,4)5/h9-11,18H,6-8,12-13H2,1-5H3. The van der Waals surface area contributed by atoms with Crippen molar-refractivity contribution in [2.45, 2.75) is 59.4 Å². The lowest BCUT2D eigenvalue weighted by atomic mass is 10.1. The lowest BCUT2D eigenvalue weighted by Gasteiger charge is -2.20. The second-order valence-electron chi connectivity index (χ2n) is 6.28. The Morgan fingerprint density at radius 1 is 1.05 bits per heavy atom. The summed E-state index contributed by atoms with van der Waals surface area (Å²) < 4.78 is 5.84. The monoisotopic (exact) mass is 263 g/mol. The quantitative estimate of drug-likeness (QED) is 0.743. The largest absolute Gasteiger partial charge is 0.493 e. The van der Waals surface area contributed by atoms with Gasteiger partial charge in [-0.25, -0.2) is 0 Å². The zero-order valence-corrected chi connectivity index (χ0v) is 13.2. The number of hydrogen-bond acceptors (Lipinski definition) is 2. The van der Waals surface area contributed by atoms with Crippen molar-refractivity contribution in [3.8, 4) is 5.75 Å². The minimum absolute atomic E-state index is 0.231. The van der Waals surface area contributed by atoms with Gasteiger partial charge in [-0.1, -0.05) is 12.1 Å². The molecule has 0 aliphatic heterocycles. The first-order chi connectivity index (χ1) is 8.90. The predicted molar refractivity (Wildman–Crippen MR) is 83.0 cm³/mol. The van der Waals surface area contributed by atoms with Crippen molar-refractivity contribution >= 4 is 0 Å². The summed E-state index contributed by atoms with van der Waals surface area (Å²) in [6.07, 6.45) is 3.56. The van der Waals surface area contributed by atoms with Crippen LogP contribution >= 0.6 is 0 Å². The molecule has 0 unspecified atom stereocenters. The normalized spacial score (nSPS) is 11.6.